The lowest BCUT2D eigenvalue weighted by atomic mass is 10.3. The smallest absolute Gasteiger partial charge is 0.0110 e. The van der Waals surface area contributed by atoms with E-state index in [1.54, 1.807) is 0 Å². The molecule has 0 radical (unpaired) electrons. The number of piperazine rings is 1. The highest BCUT2D eigenvalue weighted by Gasteiger charge is 2.16. The molecule has 0 aromatic carbocycles. The van der Waals surface area contributed by atoms with Crippen LogP contribution >= 0.6 is 0 Å². The van der Waals surface area contributed by atoms with Crippen LogP contribution in [0.5, 0.6) is 0 Å². The molecular formula is C13H31N5. The van der Waals surface area contributed by atoms with E-state index in [0.29, 0.717) is 0 Å². The molecule has 1 heterocycles. The van der Waals surface area contributed by atoms with Gasteiger partial charge in [-0.3, -0.25) is 9.80 Å². The zero-order valence-electron chi connectivity index (χ0n) is 12.4. The summed E-state index contributed by atoms with van der Waals surface area (Å²) in [4.78, 5) is 9.71. The Balaban J connectivity index is 2.08. The van der Waals surface area contributed by atoms with Gasteiger partial charge in [-0.05, 0) is 21.1 Å². The molecule has 1 rings (SSSR count). The SMILES string of the molecule is CN(C)CCN1CCN(CCN(C)CCN)CC1. The standard InChI is InChI=1S/C13H31N5/c1-15(2)6-8-17-10-12-18(13-11-17)9-7-16(3)5-4-14/h4-14H2,1-3H3. The average Bonchev–Trinajstić information content (AvgIpc) is 2.35. The van der Waals surface area contributed by atoms with Crippen LogP contribution in [0.1, 0.15) is 0 Å². The van der Waals surface area contributed by atoms with E-state index in [9.17, 15) is 0 Å². The fraction of sp³-hybridized carbons (Fsp3) is 1.00. The first-order chi connectivity index (χ1) is 8.61. The van der Waals surface area contributed by atoms with Crippen molar-refractivity contribution in [2.24, 2.45) is 5.73 Å². The Bertz CT molecular complexity index is 202. The molecule has 0 spiro atoms. The van der Waals surface area contributed by atoms with Gasteiger partial charge in [0.1, 0.15) is 0 Å². The minimum atomic E-state index is 0.759. The van der Waals surface area contributed by atoms with Crippen molar-refractivity contribution in [1.82, 2.24) is 19.6 Å². The maximum Gasteiger partial charge on any atom is 0.0110 e. The van der Waals surface area contributed by atoms with Gasteiger partial charge in [0.05, 0.1) is 0 Å². The number of nitrogens with two attached hydrogens (primary N) is 1. The third-order valence-electron chi connectivity index (χ3n) is 3.64. The van der Waals surface area contributed by atoms with E-state index < -0.39 is 0 Å². The van der Waals surface area contributed by atoms with Crippen LogP contribution < -0.4 is 5.73 Å². The van der Waals surface area contributed by atoms with Crippen molar-refractivity contribution in [3.05, 3.63) is 0 Å². The van der Waals surface area contributed by atoms with Gasteiger partial charge in [0.25, 0.3) is 0 Å². The summed E-state index contributed by atoms with van der Waals surface area (Å²) in [5.74, 6) is 0. The van der Waals surface area contributed by atoms with Gasteiger partial charge >= 0.3 is 0 Å². The molecule has 1 aliphatic rings. The van der Waals surface area contributed by atoms with E-state index in [1.807, 2.05) is 0 Å². The van der Waals surface area contributed by atoms with E-state index in [2.05, 4.69) is 40.7 Å². The first-order valence-electron chi connectivity index (χ1n) is 7.10. The predicted octanol–water partition coefficient (Wildman–Crippen LogP) is -0.944. The Hall–Kier alpha value is -0.200. The average molecular weight is 257 g/mol. The Labute approximate surface area is 112 Å². The summed E-state index contributed by atoms with van der Waals surface area (Å²) >= 11 is 0. The summed E-state index contributed by atoms with van der Waals surface area (Å²) in [6, 6.07) is 0. The molecule has 0 aromatic heterocycles. The Morgan fingerprint density at radius 3 is 1.78 bits per heavy atom. The molecule has 0 unspecified atom stereocenters. The molecule has 1 aliphatic heterocycles. The Kier molecular flexibility index (Phi) is 7.77. The van der Waals surface area contributed by atoms with Crippen LogP contribution in [0.2, 0.25) is 0 Å². The van der Waals surface area contributed by atoms with E-state index in [4.69, 9.17) is 5.73 Å². The molecule has 1 saturated heterocycles. The third kappa shape index (κ3) is 6.66. The maximum absolute atomic E-state index is 5.55. The lowest BCUT2D eigenvalue weighted by Crippen LogP contribution is -2.49. The van der Waals surface area contributed by atoms with Crippen LogP contribution in [0.4, 0.5) is 0 Å². The quantitative estimate of drug-likeness (QED) is 0.607. The number of hydrogen-bond acceptors (Lipinski definition) is 5. The Morgan fingerprint density at radius 2 is 1.33 bits per heavy atom. The first-order valence-corrected chi connectivity index (χ1v) is 7.10. The van der Waals surface area contributed by atoms with Crippen molar-refractivity contribution >= 4 is 0 Å². The van der Waals surface area contributed by atoms with Crippen LogP contribution in [0.3, 0.4) is 0 Å². The second-order valence-electron chi connectivity index (χ2n) is 5.58. The molecule has 2 N–H and O–H groups in total. The van der Waals surface area contributed by atoms with Crippen molar-refractivity contribution in [3.63, 3.8) is 0 Å². The van der Waals surface area contributed by atoms with E-state index in [0.717, 1.165) is 19.6 Å². The lowest BCUT2D eigenvalue weighted by Gasteiger charge is -2.35. The minimum absolute atomic E-state index is 0.759. The molecule has 0 aliphatic carbocycles. The van der Waals surface area contributed by atoms with Crippen LogP contribution in [-0.2, 0) is 0 Å². The zero-order chi connectivity index (χ0) is 13.4. The molecule has 108 valence electrons. The summed E-state index contributed by atoms with van der Waals surface area (Å²) in [7, 11) is 6.44. The van der Waals surface area contributed by atoms with E-state index in [1.165, 1.54) is 45.8 Å². The zero-order valence-corrected chi connectivity index (χ0v) is 12.4. The highest BCUT2D eigenvalue weighted by molar-refractivity contribution is 4.73. The predicted molar refractivity (Wildman–Crippen MR) is 78.0 cm³/mol. The van der Waals surface area contributed by atoms with Crippen LogP contribution in [0.25, 0.3) is 0 Å². The highest BCUT2D eigenvalue weighted by Crippen LogP contribution is 2.01. The fourth-order valence-corrected chi connectivity index (χ4v) is 2.22. The largest absolute Gasteiger partial charge is 0.329 e. The summed E-state index contributed by atoms with van der Waals surface area (Å²) in [5.41, 5.74) is 5.55. The Morgan fingerprint density at radius 1 is 0.833 bits per heavy atom. The van der Waals surface area contributed by atoms with Crippen molar-refractivity contribution < 1.29 is 0 Å². The topological polar surface area (TPSA) is 39.0 Å². The first kappa shape index (κ1) is 15.9. The van der Waals surface area contributed by atoms with Crippen LogP contribution in [-0.4, -0.2) is 106 Å². The molecule has 5 nitrogen and oxygen atoms in total. The van der Waals surface area contributed by atoms with Crippen molar-refractivity contribution in [2.75, 3.05) is 86.6 Å². The second kappa shape index (κ2) is 8.82. The van der Waals surface area contributed by atoms with Crippen LogP contribution in [0, 0.1) is 0 Å². The van der Waals surface area contributed by atoms with Gasteiger partial charge in [-0.2, -0.15) is 0 Å². The minimum Gasteiger partial charge on any atom is -0.329 e. The van der Waals surface area contributed by atoms with E-state index >= 15 is 0 Å². The normalized spacial score (nSPS) is 19.0. The number of likely N-dealkylation sites (N-methyl/N-ethyl adjacent to an activating group) is 2. The molecule has 0 amide bonds. The number of hydrogen-bond donors (Lipinski definition) is 1. The molecule has 0 aromatic rings. The van der Waals surface area contributed by atoms with Gasteiger partial charge in [-0.25, -0.2) is 0 Å². The fourth-order valence-electron chi connectivity index (χ4n) is 2.22. The van der Waals surface area contributed by atoms with Crippen molar-refractivity contribution in [3.8, 4) is 0 Å². The third-order valence-corrected chi connectivity index (χ3v) is 3.64. The molecule has 1 fully saturated rings. The molecule has 0 saturated carbocycles. The summed E-state index contributed by atoms with van der Waals surface area (Å²) < 4.78 is 0. The number of rotatable bonds is 8. The van der Waals surface area contributed by atoms with Gasteiger partial charge < -0.3 is 15.5 Å². The van der Waals surface area contributed by atoms with E-state index in [-0.39, 0.29) is 0 Å². The summed E-state index contributed by atoms with van der Waals surface area (Å²) in [6.45, 7) is 11.3. The van der Waals surface area contributed by atoms with Gasteiger partial charge in [0.15, 0.2) is 0 Å². The molecule has 5 heteroatoms. The number of nitrogens with zero attached hydrogens (tertiary/aromatic N) is 4. The van der Waals surface area contributed by atoms with Gasteiger partial charge in [0.2, 0.25) is 0 Å². The van der Waals surface area contributed by atoms with Gasteiger partial charge in [-0.1, -0.05) is 0 Å². The second-order valence-corrected chi connectivity index (χ2v) is 5.58. The van der Waals surface area contributed by atoms with Crippen molar-refractivity contribution in [2.45, 2.75) is 0 Å². The van der Waals surface area contributed by atoms with Crippen molar-refractivity contribution in [1.29, 1.82) is 0 Å². The monoisotopic (exact) mass is 257 g/mol. The summed E-state index contributed by atoms with van der Waals surface area (Å²) in [6.07, 6.45) is 0. The highest BCUT2D eigenvalue weighted by atomic mass is 15.3. The van der Waals surface area contributed by atoms with Gasteiger partial charge in [-0.15, -0.1) is 0 Å². The van der Waals surface area contributed by atoms with Crippen LogP contribution in [0.15, 0.2) is 0 Å². The molecular weight excluding hydrogens is 226 g/mol. The molecule has 0 atom stereocenters. The summed E-state index contributed by atoms with van der Waals surface area (Å²) in [5, 5.41) is 0. The maximum atomic E-state index is 5.55. The lowest BCUT2D eigenvalue weighted by molar-refractivity contribution is 0.117. The van der Waals surface area contributed by atoms with Gasteiger partial charge in [0, 0.05) is 65.4 Å². The molecule has 0 bridgehead atoms. The molecule has 18 heavy (non-hydrogen) atoms.